The fraction of sp³-hybridized carbons (Fsp3) is 0.579. The quantitative estimate of drug-likeness (QED) is 0.676. The summed E-state index contributed by atoms with van der Waals surface area (Å²) in [5, 5.41) is 5.44. The molecular weight excluding hydrogens is 371 g/mol. The maximum absolute atomic E-state index is 12.9. The fourth-order valence-corrected chi connectivity index (χ4v) is 3.19. The minimum atomic E-state index is -0.318. The third-order valence-electron chi connectivity index (χ3n) is 4.95. The van der Waals surface area contributed by atoms with Crippen LogP contribution in [0.1, 0.15) is 38.8 Å². The molecule has 1 aromatic carbocycles. The molecule has 0 aromatic heterocycles. The van der Waals surface area contributed by atoms with Crippen LogP contribution in [-0.2, 0) is 9.59 Å². The molecule has 4 N–H and O–H groups in total. The molecule has 1 heterocycles. The zero-order chi connectivity index (χ0) is 19.3. The highest BCUT2D eigenvalue weighted by molar-refractivity contribution is 5.86. The van der Waals surface area contributed by atoms with Crippen molar-refractivity contribution in [3.05, 3.63) is 35.6 Å². The molecule has 2 unspecified atom stereocenters. The first-order chi connectivity index (χ1) is 12.2. The zero-order valence-electron chi connectivity index (χ0n) is 16.1. The summed E-state index contributed by atoms with van der Waals surface area (Å²) in [5.41, 5.74) is 6.88. The van der Waals surface area contributed by atoms with E-state index in [9.17, 15) is 14.0 Å². The molecule has 0 spiro atoms. The van der Waals surface area contributed by atoms with E-state index >= 15 is 0 Å². The van der Waals surface area contributed by atoms with Gasteiger partial charge in [-0.05, 0) is 36.5 Å². The lowest BCUT2D eigenvalue weighted by atomic mass is 9.80. The van der Waals surface area contributed by atoms with Crippen LogP contribution in [0.15, 0.2) is 24.3 Å². The van der Waals surface area contributed by atoms with Crippen LogP contribution in [-0.4, -0.2) is 48.9 Å². The van der Waals surface area contributed by atoms with Crippen molar-refractivity contribution in [1.82, 2.24) is 15.5 Å². The minimum absolute atomic E-state index is 0. The molecule has 27 heavy (non-hydrogen) atoms. The van der Waals surface area contributed by atoms with E-state index in [1.165, 1.54) is 12.1 Å². The molecule has 6 nitrogen and oxygen atoms in total. The molecule has 0 radical (unpaired) electrons. The highest BCUT2D eigenvalue weighted by Crippen LogP contribution is 2.27. The lowest BCUT2D eigenvalue weighted by Crippen LogP contribution is -2.54. The molecule has 1 fully saturated rings. The van der Waals surface area contributed by atoms with E-state index in [4.69, 9.17) is 5.73 Å². The van der Waals surface area contributed by atoms with Gasteiger partial charge in [-0.1, -0.05) is 26.0 Å². The number of hydrogen-bond acceptors (Lipinski definition) is 4. The third kappa shape index (κ3) is 7.08. The van der Waals surface area contributed by atoms with Crippen molar-refractivity contribution in [3.63, 3.8) is 0 Å². The van der Waals surface area contributed by atoms with Gasteiger partial charge in [-0.15, -0.1) is 12.4 Å². The second-order valence-corrected chi connectivity index (χ2v) is 7.71. The second kappa shape index (κ2) is 10.0. The van der Waals surface area contributed by atoms with Crippen LogP contribution in [0.2, 0.25) is 0 Å². The van der Waals surface area contributed by atoms with Gasteiger partial charge in [0.2, 0.25) is 11.8 Å². The normalized spacial score (nSPS) is 20.3. The van der Waals surface area contributed by atoms with E-state index in [1.54, 1.807) is 12.1 Å². The number of likely N-dealkylation sites (tertiary alicyclic amines) is 1. The molecule has 2 atom stereocenters. The standard InChI is InChI=1S/C19H29FN4O2.ClH/c1-13(14-4-6-15(20)7-5-14)23-17(25)10-22-18(26)11-24-9-8-16(21)19(2,3)12-24;/h4-7,13,16H,8-12,21H2,1-3H3,(H,22,26)(H,23,25);1H. The van der Waals surface area contributed by atoms with Crippen LogP contribution in [0.25, 0.3) is 0 Å². The molecule has 1 aromatic rings. The van der Waals surface area contributed by atoms with Gasteiger partial charge in [0, 0.05) is 19.1 Å². The molecule has 2 rings (SSSR count). The van der Waals surface area contributed by atoms with Crippen molar-refractivity contribution in [1.29, 1.82) is 0 Å². The molecule has 1 aliphatic rings. The van der Waals surface area contributed by atoms with Gasteiger partial charge in [-0.3, -0.25) is 14.5 Å². The summed E-state index contributed by atoms with van der Waals surface area (Å²) in [7, 11) is 0. The SMILES string of the molecule is CC(NC(=O)CNC(=O)CN1CCC(N)C(C)(C)C1)c1ccc(F)cc1.Cl. The third-order valence-corrected chi connectivity index (χ3v) is 4.95. The molecule has 8 heteroatoms. The number of nitrogens with one attached hydrogen (secondary N) is 2. The summed E-state index contributed by atoms with van der Waals surface area (Å²) in [6.07, 6.45) is 0.857. The van der Waals surface area contributed by atoms with Crippen molar-refractivity contribution in [3.8, 4) is 0 Å². The van der Waals surface area contributed by atoms with E-state index in [-0.39, 0.29) is 60.6 Å². The Kier molecular flexibility index (Phi) is 8.65. The lowest BCUT2D eigenvalue weighted by molar-refractivity contribution is -0.127. The number of benzene rings is 1. The van der Waals surface area contributed by atoms with E-state index in [0.29, 0.717) is 0 Å². The van der Waals surface area contributed by atoms with Gasteiger partial charge in [0.25, 0.3) is 0 Å². The topological polar surface area (TPSA) is 87.5 Å². The highest BCUT2D eigenvalue weighted by Gasteiger charge is 2.33. The number of nitrogens with two attached hydrogens (primary N) is 1. The number of carbonyl (C=O) groups is 2. The predicted octanol–water partition coefficient (Wildman–Crippen LogP) is 1.60. The number of halogens is 2. The van der Waals surface area contributed by atoms with Crippen LogP contribution in [0, 0.1) is 11.2 Å². The van der Waals surface area contributed by atoms with Gasteiger partial charge < -0.3 is 16.4 Å². The Bertz CT molecular complexity index is 639. The predicted molar refractivity (Wildman–Crippen MR) is 106 cm³/mol. The van der Waals surface area contributed by atoms with E-state index < -0.39 is 0 Å². The Morgan fingerprint density at radius 1 is 1.30 bits per heavy atom. The largest absolute Gasteiger partial charge is 0.348 e. The number of rotatable bonds is 6. The van der Waals surface area contributed by atoms with E-state index in [2.05, 4.69) is 29.4 Å². The first kappa shape index (κ1) is 23.3. The molecule has 0 bridgehead atoms. The van der Waals surface area contributed by atoms with Crippen molar-refractivity contribution in [2.45, 2.75) is 39.3 Å². The average Bonchev–Trinajstić information content (AvgIpc) is 2.56. The first-order valence-corrected chi connectivity index (χ1v) is 8.97. The molecular formula is C19H30ClFN4O2. The van der Waals surface area contributed by atoms with Gasteiger partial charge in [0.15, 0.2) is 0 Å². The summed E-state index contributed by atoms with van der Waals surface area (Å²) >= 11 is 0. The summed E-state index contributed by atoms with van der Waals surface area (Å²) in [5.74, 6) is -0.779. The molecule has 1 saturated heterocycles. The fourth-order valence-electron chi connectivity index (χ4n) is 3.19. The van der Waals surface area contributed by atoms with Gasteiger partial charge in [-0.2, -0.15) is 0 Å². The second-order valence-electron chi connectivity index (χ2n) is 7.71. The highest BCUT2D eigenvalue weighted by atomic mass is 35.5. The Hall–Kier alpha value is -1.70. The summed E-state index contributed by atoms with van der Waals surface area (Å²) in [6.45, 7) is 7.74. The summed E-state index contributed by atoms with van der Waals surface area (Å²) < 4.78 is 12.9. The molecule has 1 aliphatic heterocycles. The van der Waals surface area contributed by atoms with Crippen molar-refractivity contribution in [2.24, 2.45) is 11.1 Å². The smallest absolute Gasteiger partial charge is 0.239 e. The van der Waals surface area contributed by atoms with Gasteiger partial charge >= 0.3 is 0 Å². The van der Waals surface area contributed by atoms with Gasteiger partial charge in [0.05, 0.1) is 19.1 Å². The van der Waals surface area contributed by atoms with Crippen molar-refractivity contribution in [2.75, 3.05) is 26.2 Å². The van der Waals surface area contributed by atoms with Crippen LogP contribution in [0.4, 0.5) is 4.39 Å². The number of carbonyl (C=O) groups excluding carboxylic acids is 2. The van der Waals surface area contributed by atoms with Crippen molar-refractivity contribution < 1.29 is 14.0 Å². The monoisotopic (exact) mass is 400 g/mol. The van der Waals surface area contributed by atoms with Crippen LogP contribution < -0.4 is 16.4 Å². The Morgan fingerprint density at radius 2 is 1.93 bits per heavy atom. The Labute approximate surface area is 166 Å². The van der Waals surface area contributed by atoms with Gasteiger partial charge in [-0.25, -0.2) is 4.39 Å². The van der Waals surface area contributed by atoms with E-state index in [1.807, 2.05) is 6.92 Å². The number of hydrogen-bond donors (Lipinski definition) is 3. The first-order valence-electron chi connectivity index (χ1n) is 8.97. The molecule has 2 amide bonds. The number of nitrogens with zero attached hydrogens (tertiary/aromatic N) is 1. The summed E-state index contributed by atoms with van der Waals surface area (Å²) in [4.78, 5) is 26.2. The lowest BCUT2D eigenvalue weighted by Gasteiger charge is -2.42. The maximum atomic E-state index is 12.9. The molecule has 0 saturated carbocycles. The Morgan fingerprint density at radius 3 is 2.52 bits per heavy atom. The average molecular weight is 401 g/mol. The molecule has 0 aliphatic carbocycles. The minimum Gasteiger partial charge on any atom is -0.348 e. The van der Waals surface area contributed by atoms with Crippen LogP contribution in [0.3, 0.4) is 0 Å². The summed E-state index contributed by atoms with van der Waals surface area (Å²) in [6, 6.07) is 5.84. The molecule has 152 valence electrons. The maximum Gasteiger partial charge on any atom is 0.239 e. The van der Waals surface area contributed by atoms with Crippen LogP contribution >= 0.6 is 12.4 Å². The Balaban J connectivity index is 0.00000364. The van der Waals surface area contributed by atoms with E-state index in [0.717, 1.165) is 25.1 Å². The van der Waals surface area contributed by atoms with Crippen LogP contribution in [0.5, 0.6) is 0 Å². The number of piperidine rings is 1. The number of amides is 2. The van der Waals surface area contributed by atoms with Crippen molar-refractivity contribution >= 4 is 24.2 Å². The zero-order valence-corrected chi connectivity index (χ0v) is 16.9. The van der Waals surface area contributed by atoms with Gasteiger partial charge in [0.1, 0.15) is 5.82 Å².